The first-order chi connectivity index (χ1) is 9.91. The molecule has 0 bridgehead atoms. The maximum atomic E-state index is 11.9. The largest absolute Gasteiger partial charge is 0.494 e. The number of hydrogen-bond donors (Lipinski definition) is 2. The van der Waals surface area contributed by atoms with E-state index in [0.29, 0.717) is 6.61 Å². The maximum Gasteiger partial charge on any atom is 0.240 e. The Morgan fingerprint density at radius 3 is 2.48 bits per heavy atom. The summed E-state index contributed by atoms with van der Waals surface area (Å²) in [6.45, 7) is 8.21. The Balaban J connectivity index is 2.51. The highest BCUT2D eigenvalue weighted by atomic mass is 16.5. The molecule has 0 fully saturated rings. The molecule has 0 saturated carbocycles. The van der Waals surface area contributed by atoms with Gasteiger partial charge in [0, 0.05) is 5.69 Å². The summed E-state index contributed by atoms with van der Waals surface area (Å²) in [7, 11) is 0. The molecule has 1 unspecified atom stereocenters. The summed E-state index contributed by atoms with van der Waals surface area (Å²) in [5.74, 6) is 0.628. The van der Waals surface area contributed by atoms with Crippen LogP contribution in [0.4, 0.5) is 5.69 Å². The summed E-state index contributed by atoms with van der Waals surface area (Å²) in [6.07, 6.45) is 0. The maximum absolute atomic E-state index is 11.9. The third kappa shape index (κ3) is 4.99. The van der Waals surface area contributed by atoms with Crippen LogP contribution >= 0.6 is 0 Å². The van der Waals surface area contributed by atoms with Crippen LogP contribution in [0.1, 0.15) is 27.7 Å². The van der Waals surface area contributed by atoms with Gasteiger partial charge in [-0.05, 0) is 44.0 Å². The molecule has 0 aromatic heterocycles. The van der Waals surface area contributed by atoms with Crippen molar-refractivity contribution in [3.63, 3.8) is 0 Å². The molecule has 5 nitrogen and oxygen atoms in total. The summed E-state index contributed by atoms with van der Waals surface area (Å²) in [6, 6.07) is 9.54. The van der Waals surface area contributed by atoms with E-state index >= 15 is 0 Å². The molecule has 1 aromatic rings. The summed E-state index contributed by atoms with van der Waals surface area (Å²) in [5, 5.41) is 15.0. The van der Waals surface area contributed by atoms with Crippen molar-refractivity contribution in [3.05, 3.63) is 24.3 Å². The number of amides is 1. The molecular weight excluding hydrogens is 266 g/mol. The number of hydrogen-bond acceptors (Lipinski definition) is 4. The van der Waals surface area contributed by atoms with Crippen LogP contribution in [0.5, 0.6) is 5.75 Å². The molecule has 1 aromatic carbocycles. The molecule has 0 saturated heterocycles. The van der Waals surface area contributed by atoms with E-state index in [9.17, 15) is 10.1 Å². The number of carbonyl (C=O) groups is 1. The van der Waals surface area contributed by atoms with Gasteiger partial charge in [0.1, 0.15) is 11.3 Å². The second-order valence-corrected chi connectivity index (χ2v) is 5.33. The lowest BCUT2D eigenvalue weighted by atomic mass is 9.90. The predicted molar refractivity (Wildman–Crippen MR) is 83.1 cm³/mol. The fraction of sp³-hybridized carbons (Fsp3) is 0.500. The molecule has 2 N–H and O–H groups in total. The Kier molecular flexibility index (Phi) is 6.04. The van der Waals surface area contributed by atoms with Gasteiger partial charge in [0.15, 0.2) is 0 Å². The molecule has 1 amide bonds. The second-order valence-electron chi connectivity index (χ2n) is 5.33. The van der Waals surface area contributed by atoms with Crippen LogP contribution in [0, 0.1) is 17.2 Å². The van der Waals surface area contributed by atoms with E-state index in [1.165, 1.54) is 0 Å². The topological polar surface area (TPSA) is 74.2 Å². The normalized spacial score (nSPS) is 13.1. The number of nitrogens with zero attached hydrogens (tertiary/aromatic N) is 1. The van der Waals surface area contributed by atoms with Crippen molar-refractivity contribution < 1.29 is 9.53 Å². The van der Waals surface area contributed by atoms with Crippen molar-refractivity contribution in [2.75, 3.05) is 18.5 Å². The molecule has 0 radical (unpaired) electrons. The van der Waals surface area contributed by atoms with Gasteiger partial charge in [-0.2, -0.15) is 5.26 Å². The summed E-state index contributed by atoms with van der Waals surface area (Å²) in [4.78, 5) is 11.9. The first-order valence-electron chi connectivity index (χ1n) is 7.10. The highest BCUT2D eigenvalue weighted by Crippen LogP contribution is 2.16. The molecule has 0 aliphatic heterocycles. The van der Waals surface area contributed by atoms with Gasteiger partial charge in [0.25, 0.3) is 0 Å². The molecule has 1 atom stereocenters. The first-order valence-corrected chi connectivity index (χ1v) is 7.10. The van der Waals surface area contributed by atoms with Crippen LogP contribution in [0.15, 0.2) is 24.3 Å². The van der Waals surface area contributed by atoms with Gasteiger partial charge < -0.3 is 15.4 Å². The molecule has 0 aliphatic carbocycles. The molecule has 114 valence electrons. The van der Waals surface area contributed by atoms with Crippen molar-refractivity contribution in [1.82, 2.24) is 5.32 Å². The van der Waals surface area contributed by atoms with E-state index < -0.39 is 5.54 Å². The molecule has 0 spiro atoms. The third-order valence-electron chi connectivity index (χ3n) is 3.40. The average Bonchev–Trinajstić information content (AvgIpc) is 2.46. The van der Waals surface area contributed by atoms with E-state index in [-0.39, 0.29) is 18.4 Å². The molecule has 0 heterocycles. The second kappa shape index (κ2) is 7.53. The van der Waals surface area contributed by atoms with E-state index in [0.717, 1.165) is 11.4 Å². The van der Waals surface area contributed by atoms with Gasteiger partial charge in [0.05, 0.1) is 19.2 Å². The molecule has 5 heteroatoms. The first kappa shape index (κ1) is 16.8. The van der Waals surface area contributed by atoms with Gasteiger partial charge in [0.2, 0.25) is 5.91 Å². The lowest BCUT2D eigenvalue weighted by molar-refractivity contribution is -0.121. The SMILES string of the molecule is CCOc1ccc(NCC(=O)NC(C)(C#N)C(C)C)cc1. The predicted octanol–water partition coefficient (Wildman–Crippen LogP) is 2.55. The lowest BCUT2D eigenvalue weighted by Gasteiger charge is -2.27. The van der Waals surface area contributed by atoms with E-state index in [1.54, 1.807) is 6.92 Å². The number of nitrogens with one attached hydrogen (secondary N) is 2. The van der Waals surface area contributed by atoms with Crippen molar-refractivity contribution in [2.24, 2.45) is 5.92 Å². The Hall–Kier alpha value is -2.22. The lowest BCUT2D eigenvalue weighted by Crippen LogP contribution is -2.50. The summed E-state index contributed by atoms with van der Waals surface area (Å²) in [5.41, 5.74) is -0.0192. The minimum atomic E-state index is -0.850. The zero-order chi connectivity index (χ0) is 15.9. The van der Waals surface area contributed by atoms with Gasteiger partial charge in [-0.1, -0.05) is 13.8 Å². The summed E-state index contributed by atoms with van der Waals surface area (Å²) < 4.78 is 5.35. The monoisotopic (exact) mass is 289 g/mol. The average molecular weight is 289 g/mol. The number of benzene rings is 1. The minimum absolute atomic E-state index is 0.0388. The molecule has 0 aliphatic rings. The fourth-order valence-electron chi connectivity index (χ4n) is 1.65. The van der Waals surface area contributed by atoms with E-state index in [1.807, 2.05) is 45.0 Å². The molecular formula is C16H23N3O2. The van der Waals surface area contributed by atoms with Crippen LogP contribution in [0.3, 0.4) is 0 Å². The van der Waals surface area contributed by atoms with Gasteiger partial charge in [-0.3, -0.25) is 4.79 Å². The van der Waals surface area contributed by atoms with Crippen molar-refractivity contribution in [3.8, 4) is 11.8 Å². The van der Waals surface area contributed by atoms with Gasteiger partial charge >= 0.3 is 0 Å². The fourth-order valence-corrected chi connectivity index (χ4v) is 1.65. The Morgan fingerprint density at radius 2 is 2.00 bits per heavy atom. The van der Waals surface area contributed by atoms with Crippen LogP contribution in [0.25, 0.3) is 0 Å². The van der Waals surface area contributed by atoms with Crippen LogP contribution in [0.2, 0.25) is 0 Å². The van der Waals surface area contributed by atoms with E-state index in [4.69, 9.17) is 4.74 Å². The molecule has 21 heavy (non-hydrogen) atoms. The number of ether oxygens (including phenoxy) is 1. The van der Waals surface area contributed by atoms with Crippen LogP contribution < -0.4 is 15.4 Å². The zero-order valence-corrected chi connectivity index (χ0v) is 13.1. The standard InChI is InChI=1S/C16H23N3O2/c1-5-21-14-8-6-13(7-9-14)18-10-15(20)19-16(4,11-17)12(2)3/h6-9,12,18H,5,10H2,1-4H3,(H,19,20). The quantitative estimate of drug-likeness (QED) is 0.809. The van der Waals surface area contributed by atoms with Crippen molar-refractivity contribution in [2.45, 2.75) is 33.2 Å². The Morgan fingerprint density at radius 1 is 1.38 bits per heavy atom. The zero-order valence-electron chi connectivity index (χ0n) is 13.1. The summed E-state index contributed by atoms with van der Waals surface area (Å²) >= 11 is 0. The van der Waals surface area contributed by atoms with Crippen molar-refractivity contribution >= 4 is 11.6 Å². The van der Waals surface area contributed by atoms with Gasteiger partial charge in [-0.25, -0.2) is 0 Å². The van der Waals surface area contributed by atoms with Crippen molar-refractivity contribution in [1.29, 1.82) is 5.26 Å². The minimum Gasteiger partial charge on any atom is -0.494 e. The number of carbonyl (C=O) groups excluding carboxylic acids is 1. The Bertz CT molecular complexity index is 505. The van der Waals surface area contributed by atoms with Crippen LogP contribution in [-0.4, -0.2) is 24.6 Å². The Labute approximate surface area is 126 Å². The smallest absolute Gasteiger partial charge is 0.240 e. The van der Waals surface area contributed by atoms with Crippen LogP contribution in [-0.2, 0) is 4.79 Å². The highest BCUT2D eigenvalue weighted by Gasteiger charge is 2.29. The van der Waals surface area contributed by atoms with Gasteiger partial charge in [-0.15, -0.1) is 0 Å². The number of rotatable bonds is 7. The number of nitriles is 1. The number of anilines is 1. The molecule has 1 rings (SSSR count). The third-order valence-corrected chi connectivity index (χ3v) is 3.40. The highest BCUT2D eigenvalue weighted by molar-refractivity contribution is 5.81. The van der Waals surface area contributed by atoms with E-state index in [2.05, 4.69) is 16.7 Å².